The number of anilines is 1. The first-order valence-corrected chi connectivity index (χ1v) is 5.20. The first-order valence-electron chi connectivity index (χ1n) is 4.45. The normalized spacial score (nSPS) is 10.5. The highest BCUT2D eigenvalue weighted by atomic mass is 35.5. The summed E-state index contributed by atoms with van der Waals surface area (Å²) in [5.74, 6) is -0.124. The van der Waals surface area contributed by atoms with Crippen molar-refractivity contribution in [1.29, 1.82) is 5.41 Å². The summed E-state index contributed by atoms with van der Waals surface area (Å²) >= 11 is 11.8. The van der Waals surface area contributed by atoms with Gasteiger partial charge in [0.2, 0.25) is 5.95 Å². The molecule has 0 bridgehead atoms. The van der Waals surface area contributed by atoms with Crippen LogP contribution in [0.3, 0.4) is 0 Å². The van der Waals surface area contributed by atoms with Crippen LogP contribution in [-0.2, 0) is 0 Å². The number of nitrogens with two attached hydrogens (primary N) is 1. The number of nitrogen functional groups attached to an aromatic ring is 1. The second-order valence-corrected chi connectivity index (χ2v) is 4.01. The third-order valence-corrected chi connectivity index (χ3v) is 2.58. The average Bonchev–Trinajstić information content (AvgIpc) is 2.28. The van der Waals surface area contributed by atoms with Crippen molar-refractivity contribution in [3.63, 3.8) is 0 Å². The van der Waals surface area contributed by atoms with Gasteiger partial charge in [-0.3, -0.25) is 5.41 Å². The van der Waals surface area contributed by atoms with Crippen molar-refractivity contribution in [3.8, 4) is 11.4 Å². The topological polar surface area (TPSA) is 101 Å². The van der Waals surface area contributed by atoms with E-state index in [2.05, 4.69) is 9.97 Å². The number of aromatic nitrogens is 3. The monoisotopic (exact) mass is 271 g/mol. The number of hydrogen-bond donors (Lipinski definition) is 3. The molecular weight excluding hydrogens is 265 g/mol. The minimum atomic E-state index is -0.441. The first kappa shape index (κ1) is 11.7. The molecule has 0 unspecified atom stereocenters. The first-order chi connectivity index (χ1) is 7.99. The largest absolute Gasteiger partial charge is 0.422 e. The fourth-order valence-corrected chi connectivity index (χ4v) is 1.60. The molecule has 0 aliphatic rings. The van der Waals surface area contributed by atoms with E-state index in [1.54, 1.807) is 18.2 Å². The maximum Gasteiger partial charge on any atom is 0.261 e. The molecule has 0 fully saturated rings. The Hall–Kier alpha value is -1.79. The predicted octanol–water partition coefficient (Wildman–Crippen LogP) is 1.55. The van der Waals surface area contributed by atoms with E-state index in [-0.39, 0.29) is 11.8 Å². The molecule has 0 spiro atoms. The number of halogens is 2. The summed E-state index contributed by atoms with van der Waals surface area (Å²) in [6, 6.07) is 4.76. The van der Waals surface area contributed by atoms with Gasteiger partial charge in [0.25, 0.3) is 5.62 Å². The van der Waals surface area contributed by atoms with Crippen LogP contribution in [0.2, 0.25) is 10.0 Å². The molecule has 4 N–H and O–H groups in total. The Balaban J connectivity index is 2.69. The van der Waals surface area contributed by atoms with Gasteiger partial charge in [0.1, 0.15) is 0 Å². The van der Waals surface area contributed by atoms with Crippen LogP contribution in [0.1, 0.15) is 0 Å². The molecule has 88 valence electrons. The molecule has 1 heterocycles. The molecule has 2 rings (SSSR count). The van der Waals surface area contributed by atoms with E-state index in [9.17, 15) is 5.21 Å². The molecule has 0 amide bonds. The second-order valence-electron chi connectivity index (χ2n) is 3.16. The van der Waals surface area contributed by atoms with Crippen LogP contribution in [-0.4, -0.2) is 19.9 Å². The summed E-state index contributed by atoms with van der Waals surface area (Å²) in [4.78, 5) is 7.57. The highest BCUT2D eigenvalue weighted by Crippen LogP contribution is 2.27. The lowest BCUT2D eigenvalue weighted by molar-refractivity contribution is 0.168. The van der Waals surface area contributed by atoms with Gasteiger partial charge in [0.15, 0.2) is 5.82 Å². The van der Waals surface area contributed by atoms with Crippen LogP contribution in [0.5, 0.6) is 0 Å². The second kappa shape index (κ2) is 4.23. The van der Waals surface area contributed by atoms with Gasteiger partial charge in [-0.1, -0.05) is 23.2 Å². The van der Waals surface area contributed by atoms with E-state index in [0.29, 0.717) is 20.3 Å². The summed E-state index contributed by atoms with van der Waals surface area (Å²) in [6.45, 7) is 0. The lowest BCUT2D eigenvalue weighted by atomic mass is 10.2. The molecular formula is C9H7Cl2N5O. The predicted molar refractivity (Wildman–Crippen MR) is 62.9 cm³/mol. The number of nitrogens with zero attached hydrogens (tertiary/aromatic N) is 3. The van der Waals surface area contributed by atoms with Gasteiger partial charge in [0.05, 0.1) is 5.02 Å². The zero-order valence-electron chi connectivity index (χ0n) is 8.35. The van der Waals surface area contributed by atoms with Crippen molar-refractivity contribution < 1.29 is 5.21 Å². The van der Waals surface area contributed by atoms with Gasteiger partial charge in [0, 0.05) is 10.6 Å². The molecule has 0 aliphatic carbocycles. The molecule has 6 nitrogen and oxygen atoms in total. The van der Waals surface area contributed by atoms with Crippen molar-refractivity contribution in [3.05, 3.63) is 33.9 Å². The molecule has 1 aromatic heterocycles. The Morgan fingerprint density at radius 3 is 2.65 bits per heavy atom. The van der Waals surface area contributed by atoms with E-state index in [1.165, 1.54) is 0 Å². The van der Waals surface area contributed by atoms with Crippen molar-refractivity contribution in [2.45, 2.75) is 0 Å². The molecule has 0 radical (unpaired) electrons. The smallest absolute Gasteiger partial charge is 0.261 e. The number of rotatable bonds is 1. The van der Waals surface area contributed by atoms with E-state index in [1.807, 2.05) is 0 Å². The van der Waals surface area contributed by atoms with E-state index < -0.39 is 5.62 Å². The molecule has 0 saturated heterocycles. The number of nitrogens with one attached hydrogen (secondary N) is 1. The third kappa shape index (κ3) is 2.17. The molecule has 0 saturated carbocycles. The summed E-state index contributed by atoms with van der Waals surface area (Å²) in [5.41, 5.74) is 5.42. The van der Waals surface area contributed by atoms with E-state index in [4.69, 9.17) is 34.3 Å². The van der Waals surface area contributed by atoms with E-state index in [0.717, 1.165) is 0 Å². The third-order valence-electron chi connectivity index (χ3n) is 2.02. The average molecular weight is 272 g/mol. The van der Waals surface area contributed by atoms with Gasteiger partial charge >= 0.3 is 0 Å². The lowest BCUT2D eigenvalue weighted by Crippen LogP contribution is -2.25. The molecule has 8 heteroatoms. The SMILES string of the molecule is N=c1nc(-c2cc(Cl)ccc2Cl)nc(N)n1O. The highest BCUT2D eigenvalue weighted by molar-refractivity contribution is 6.35. The Labute approximate surface area is 106 Å². The highest BCUT2D eigenvalue weighted by Gasteiger charge is 2.10. The van der Waals surface area contributed by atoms with Crippen LogP contribution < -0.4 is 11.4 Å². The van der Waals surface area contributed by atoms with E-state index >= 15 is 0 Å². The lowest BCUT2D eigenvalue weighted by Gasteiger charge is -2.06. The van der Waals surface area contributed by atoms with Crippen molar-refractivity contribution in [2.75, 3.05) is 5.73 Å². The number of hydrogen-bond acceptors (Lipinski definition) is 5. The molecule has 2 aromatic rings. The quantitative estimate of drug-likeness (QED) is 0.685. The Bertz CT molecular complexity index is 640. The maximum absolute atomic E-state index is 9.22. The molecule has 17 heavy (non-hydrogen) atoms. The zero-order valence-corrected chi connectivity index (χ0v) is 9.87. The van der Waals surface area contributed by atoms with Crippen LogP contribution >= 0.6 is 23.2 Å². The number of benzene rings is 1. The Morgan fingerprint density at radius 2 is 2.00 bits per heavy atom. The summed E-state index contributed by atoms with van der Waals surface area (Å²) in [6.07, 6.45) is 0. The Morgan fingerprint density at radius 1 is 1.29 bits per heavy atom. The van der Waals surface area contributed by atoms with Crippen molar-refractivity contribution >= 4 is 29.2 Å². The van der Waals surface area contributed by atoms with Crippen molar-refractivity contribution in [1.82, 2.24) is 14.7 Å². The summed E-state index contributed by atoms with van der Waals surface area (Å²) in [5, 5.41) is 17.4. The van der Waals surface area contributed by atoms with Crippen LogP contribution in [0.25, 0.3) is 11.4 Å². The molecule has 0 atom stereocenters. The molecule has 0 aliphatic heterocycles. The zero-order chi connectivity index (χ0) is 12.6. The van der Waals surface area contributed by atoms with Gasteiger partial charge in [-0.15, -0.1) is 4.73 Å². The van der Waals surface area contributed by atoms with Crippen LogP contribution in [0.15, 0.2) is 18.2 Å². The fraction of sp³-hybridized carbons (Fsp3) is 0. The maximum atomic E-state index is 9.22. The fourth-order valence-electron chi connectivity index (χ4n) is 1.23. The van der Waals surface area contributed by atoms with Crippen LogP contribution in [0, 0.1) is 5.41 Å². The van der Waals surface area contributed by atoms with Gasteiger partial charge in [-0.2, -0.15) is 9.97 Å². The summed E-state index contributed by atoms with van der Waals surface area (Å²) in [7, 11) is 0. The Kier molecular flexibility index (Phi) is 2.91. The molecule has 1 aromatic carbocycles. The van der Waals surface area contributed by atoms with Crippen molar-refractivity contribution in [2.24, 2.45) is 0 Å². The van der Waals surface area contributed by atoms with Crippen LogP contribution in [0.4, 0.5) is 5.95 Å². The standard InChI is InChI=1S/C9H7Cl2N5O/c10-4-1-2-6(11)5(3-4)7-14-8(12)16(17)9(13)15-7/h1-3,17H,(H3,12,13,14,15). The minimum absolute atomic E-state index is 0.130. The van der Waals surface area contributed by atoms with Gasteiger partial charge in [-0.05, 0) is 18.2 Å². The minimum Gasteiger partial charge on any atom is -0.422 e. The van der Waals surface area contributed by atoms with Gasteiger partial charge in [-0.25, -0.2) is 0 Å². The summed E-state index contributed by atoms with van der Waals surface area (Å²) < 4.78 is 0.363. The van der Waals surface area contributed by atoms with Gasteiger partial charge < -0.3 is 10.9 Å².